The molecule has 3 heteroatoms. The molecule has 0 atom stereocenters. The Morgan fingerprint density at radius 2 is 1.94 bits per heavy atom. The number of rotatable bonds is 1. The molecule has 1 fully saturated rings. The summed E-state index contributed by atoms with van der Waals surface area (Å²) in [6.07, 6.45) is 4.89. The highest BCUT2D eigenvalue weighted by Crippen LogP contribution is 2.36. The predicted molar refractivity (Wildman–Crippen MR) is 66.4 cm³/mol. The monoisotopic (exact) mass is 218 g/mol. The second-order valence-corrected chi connectivity index (χ2v) is 4.72. The van der Waals surface area contributed by atoms with E-state index in [2.05, 4.69) is 16.3 Å². The van der Waals surface area contributed by atoms with E-state index in [1.54, 1.807) is 0 Å². The first-order chi connectivity index (χ1) is 7.84. The molecule has 0 aromatic heterocycles. The first kappa shape index (κ1) is 9.82. The summed E-state index contributed by atoms with van der Waals surface area (Å²) in [5.74, 6) is 0.426. The maximum atomic E-state index is 10.0. The molecule has 3 rings (SSSR count). The van der Waals surface area contributed by atoms with E-state index in [9.17, 15) is 5.11 Å². The van der Waals surface area contributed by atoms with Gasteiger partial charge in [-0.05, 0) is 37.3 Å². The third-order valence-electron chi connectivity index (χ3n) is 3.61. The Kier molecular flexibility index (Phi) is 2.39. The van der Waals surface area contributed by atoms with Gasteiger partial charge in [-0.2, -0.15) is 0 Å². The minimum Gasteiger partial charge on any atom is -0.506 e. The molecular weight excluding hydrogens is 200 g/mol. The Balaban J connectivity index is 1.94. The van der Waals surface area contributed by atoms with Crippen LogP contribution in [0.25, 0.3) is 0 Å². The first-order valence-corrected chi connectivity index (χ1v) is 6.19. The molecule has 2 N–H and O–H groups in total. The van der Waals surface area contributed by atoms with Gasteiger partial charge in [0.15, 0.2) is 0 Å². The number of anilines is 2. The molecule has 0 spiro atoms. The summed E-state index contributed by atoms with van der Waals surface area (Å²) in [5, 5.41) is 13.3. The van der Waals surface area contributed by atoms with Crippen molar-refractivity contribution in [1.29, 1.82) is 0 Å². The second-order valence-electron chi connectivity index (χ2n) is 4.72. The number of nitrogens with one attached hydrogen (secondary N) is 1. The van der Waals surface area contributed by atoms with Crippen molar-refractivity contribution in [3.8, 4) is 5.75 Å². The molecule has 1 saturated heterocycles. The lowest BCUT2D eigenvalue weighted by molar-refractivity contribution is 0.469. The van der Waals surface area contributed by atoms with Gasteiger partial charge in [0, 0.05) is 31.4 Å². The van der Waals surface area contributed by atoms with Crippen LogP contribution in [-0.4, -0.2) is 24.7 Å². The van der Waals surface area contributed by atoms with Crippen LogP contribution in [0.15, 0.2) is 12.1 Å². The van der Waals surface area contributed by atoms with Crippen LogP contribution in [0.1, 0.15) is 24.8 Å². The minimum atomic E-state index is 0.426. The number of phenols is 1. The number of piperidine rings is 1. The number of phenolic OH excluding ortho intramolecular Hbond substituents is 1. The van der Waals surface area contributed by atoms with Crippen molar-refractivity contribution in [2.75, 3.05) is 29.9 Å². The van der Waals surface area contributed by atoms with Gasteiger partial charge in [-0.25, -0.2) is 0 Å². The van der Waals surface area contributed by atoms with Crippen LogP contribution in [-0.2, 0) is 6.42 Å². The Morgan fingerprint density at radius 1 is 1.12 bits per heavy atom. The molecule has 3 nitrogen and oxygen atoms in total. The number of hydrogen-bond acceptors (Lipinski definition) is 3. The van der Waals surface area contributed by atoms with E-state index < -0.39 is 0 Å². The molecule has 2 heterocycles. The summed E-state index contributed by atoms with van der Waals surface area (Å²) in [5.41, 5.74) is 3.48. The van der Waals surface area contributed by atoms with Crippen molar-refractivity contribution in [3.05, 3.63) is 17.7 Å². The van der Waals surface area contributed by atoms with Crippen LogP contribution in [0.4, 0.5) is 11.4 Å². The summed E-state index contributed by atoms with van der Waals surface area (Å²) >= 11 is 0. The molecule has 2 aliphatic rings. The molecular formula is C13H18N2O. The van der Waals surface area contributed by atoms with Crippen LogP contribution in [0.5, 0.6) is 5.75 Å². The second kappa shape index (κ2) is 3.89. The number of fused-ring (bicyclic) bond motifs is 1. The normalized spacial score (nSPS) is 19.4. The number of benzene rings is 1. The summed E-state index contributed by atoms with van der Waals surface area (Å²) in [7, 11) is 0. The summed E-state index contributed by atoms with van der Waals surface area (Å²) in [6, 6.07) is 4.04. The molecule has 16 heavy (non-hydrogen) atoms. The van der Waals surface area contributed by atoms with E-state index in [0.29, 0.717) is 5.75 Å². The Labute approximate surface area is 96.1 Å². The highest BCUT2D eigenvalue weighted by molar-refractivity contribution is 5.70. The van der Waals surface area contributed by atoms with E-state index in [-0.39, 0.29) is 0 Å². The Morgan fingerprint density at radius 3 is 2.75 bits per heavy atom. The average molecular weight is 218 g/mol. The fraction of sp³-hybridized carbons (Fsp3) is 0.538. The van der Waals surface area contributed by atoms with Gasteiger partial charge in [-0.1, -0.05) is 0 Å². The average Bonchev–Trinajstić information content (AvgIpc) is 2.76. The standard InChI is InChI=1S/C13H18N2O/c16-13-9-11-10(4-5-14-11)8-12(13)15-6-2-1-3-7-15/h8-9,14,16H,1-7H2. The smallest absolute Gasteiger partial charge is 0.140 e. The quantitative estimate of drug-likeness (QED) is 0.759. The zero-order valence-electron chi connectivity index (χ0n) is 9.50. The Bertz CT molecular complexity index is 397. The molecule has 0 bridgehead atoms. The molecule has 0 aliphatic carbocycles. The maximum absolute atomic E-state index is 10.0. The van der Waals surface area contributed by atoms with Crippen LogP contribution < -0.4 is 10.2 Å². The summed E-state index contributed by atoms with van der Waals surface area (Å²) in [6.45, 7) is 3.16. The number of aromatic hydroxyl groups is 1. The first-order valence-electron chi connectivity index (χ1n) is 6.19. The fourth-order valence-corrected chi connectivity index (χ4v) is 2.71. The molecule has 0 saturated carbocycles. The molecule has 1 aromatic rings. The lowest BCUT2D eigenvalue weighted by atomic mass is 10.1. The number of nitrogens with zero attached hydrogens (tertiary/aromatic N) is 1. The number of hydrogen-bond donors (Lipinski definition) is 2. The summed E-state index contributed by atoms with van der Waals surface area (Å²) < 4.78 is 0. The lowest BCUT2D eigenvalue weighted by Crippen LogP contribution is -2.29. The van der Waals surface area contributed by atoms with Gasteiger partial charge >= 0.3 is 0 Å². The zero-order chi connectivity index (χ0) is 11.0. The van der Waals surface area contributed by atoms with Gasteiger partial charge in [-0.3, -0.25) is 0 Å². The Hall–Kier alpha value is -1.38. The van der Waals surface area contributed by atoms with Crippen molar-refractivity contribution in [1.82, 2.24) is 0 Å². The van der Waals surface area contributed by atoms with Crippen LogP contribution in [0.3, 0.4) is 0 Å². The third-order valence-corrected chi connectivity index (χ3v) is 3.61. The molecule has 1 aromatic carbocycles. The van der Waals surface area contributed by atoms with Crippen molar-refractivity contribution in [2.45, 2.75) is 25.7 Å². The van der Waals surface area contributed by atoms with E-state index in [4.69, 9.17) is 0 Å². The molecule has 86 valence electrons. The molecule has 0 unspecified atom stereocenters. The van der Waals surface area contributed by atoms with Crippen LogP contribution in [0.2, 0.25) is 0 Å². The minimum absolute atomic E-state index is 0.426. The predicted octanol–water partition coefficient (Wildman–Crippen LogP) is 2.35. The van der Waals surface area contributed by atoms with E-state index in [0.717, 1.165) is 37.4 Å². The van der Waals surface area contributed by atoms with E-state index in [1.165, 1.54) is 24.8 Å². The SMILES string of the molecule is Oc1cc2c(cc1N1CCCCC1)CCN2. The molecule has 0 radical (unpaired) electrons. The third kappa shape index (κ3) is 1.60. The largest absolute Gasteiger partial charge is 0.506 e. The zero-order valence-corrected chi connectivity index (χ0v) is 9.50. The maximum Gasteiger partial charge on any atom is 0.140 e. The van der Waals surface area contributed by atoms with Gasteiger partial charge < -0.3 is 15.3 Å². The fourth-order valence-electron chi connectivity index (χ4n) is 2.71. The van der Waals surface area contributed by atoms with Crippen LogP contribution >= 0.6 is 0 Å². The van der Waals surface area contributed by atoms with E-state index >= 15 is 0 Å². The lowest BCUT2D eigenvalue weighted by Gasteiger charge is -2.29. The van der Waals surface area contributed by atoms with Crippen molar-refractivity contribution >= 4 is 11.4 Å². The van der Waals surface area contributed by atoms with Gasteiger partial charge in [0.25, 0.3) is 0 Å². The van der Waals surface area contributed by atoms with Crippen LogP contribution in [0, 0.1) is 0 Å². The van der Waals surface area contributed by atoms with E-state index in [1.807, 2.05) is 6.07 Å². The molecule has 0 amide bonds. The van der Waals surface area contributed by atoms with Gasteiger partial charge in [0.2, 0.25) is 0 Å². The van der Waals surface area contributed by atoms with Crippen molar-refractivity contribution in [3.63, 3.8) is 0 Å². The highest BCUT2D eigenvalue weighted by atomic mass is 16.3. The van der Waals surface area contributed by atoms with Gasteiger partial charge in [-0.15, -0.1) is 0 Å². The van der Waals surface area contributed by atoms with Crippen molar-refractivity contribution in [2.24, 2.45) is 0 Å². The molecule has 2 aliphatic heterocycles. The van der Waals surface area contributed by atoms with Gasteiger partial charge in [0.05, 0.1) is 5.69 Å². The highest BCUT2D eigenvalue weighted by Gasteiger charge is 2.18. The van der Waals surface area contributed by atoms with Crippen molar-refractivity contribution < 1.29 is 5.11 Å². The topological polar surface area (TPSA) is 35.5 Å². The summed E-state index contributed by atoms with van der Waals surface area (Å²) in [4.78, 5) is 2.32. The van der Waals surface area contributed by atoms with Gasteiger partial charge in [0.1, 0.15) is 5.75 Å².